The van der Waals surface area contributed by atoms with E-state index in [4.69, 9.17) is 4.74 Å². The fourth-order valence-corrected chi connectivity index (χ4v) is 5.10. The minimum Gasteiger partial charge on any atom is -0.376 e. The Morgan fingerprint density at radius 2 is 1.94 bits per heavy atom. The summed E-state index contributed by atoms with van der Waals surface area (Å²) in [6.45, 7) is 2.84. The van der Waals surface area contributed by atoms with Crippen molar-refractivity contribution in [1.82, 2.24) is 5.32 Å². The smallest absolute Gasteiger partial charge is 0.265 e. The number of carbonyl (C=O) groups is 2. The molecule has 2 aliphatic heterocycles. The van der Waals surface area contributed by atoms with Crippen molar-refractivity contribution < 1.29 is 14.3 Å². The summed E-state index contributed by atoms with van der Waals surface area (Å²) in [4.78, 5) is 28.7. The number of hydrogen-bond donors (Lipinski definition) is 2. The Balaban J connectivity index is 1.40. The predicted octanol–water partition coefficient (Wildman–Crippen LogP) is 4.47. The molecule has 1 unspecified atom stereocenters. The molecule has 0 saturated carbocycles. The molecule has 1 atom stereocenters. The Morgan fingerprint density at radius 1 is 1.06 bits per heavy atom. The molecule has 7 heteroatoms. The van der Waals surface area contributed by atoms with Crippen molar-refractivity contribution in [2.75, 3.05) is 29.9 Å². The third-order valence-corrected chi connectivity index (χ3v) is 7.10. The standard InChI is InChI=1S/C26H27N3O3S/c30-25(27-16-21-7-3-13-32-21)22-15-20(28-26(31)24-8-4-14-33-24)9-10-23(22)29-12-11-18-5-1-2-6-19(18)17-29/h1-2,4-6,8-10,14-15,21H,3,7,11-13,16-17H2,(H,27,30)(H,28,31). The molecule has 6 nitrogen and oxygen atoms in total. The second-order valence-corrected chi connectivity index (χ2v) is 9.40. The molecule has 3 aromatic rings. The molecule has 1 fully saturated rings. The maximum atomic E-state index is 13.3. The number of benzene rings is 2. The second kappa shape index (κ2) is 9.77. The second-order valence-electron chi connectivity index (χ2n) is 8.45. The molecule has 2 aliphatic rings. The Bertz CT molecular complexity index is 1140. The van der Waals surface area contributed by atoms with Gasteiger partial charge in [-0.2, -0.15) is 0 Å². The Morgan fingerprint density at radius 3 is 2.73 bits per heavy atom. The molecule has 0 spiro atoms. The van der Waals surface area contributed by atoms with Gasteiger partial charge in [-0.3, -0.25) is 9.59 Å². The van der Waals surface area contributed by atoms with Gasteiger partial charge in [0.05, 0.1) is 16.5 Å². The van der Waals surface area contributed by atoms with E-state index in [0.717, 1.165) is 44.6 Å². The first kappa shape index (κ1) is 21.7. The molecule has 2 N–H and O–H groups in total. The van der Waals surface area contributed by atoms with E-state index in [2.05, 4.69) is 39.8 Å². The molecular weight excluding hydrogens is 434 g/mol. The van der Waals surface area contributed by atoms with Crippen molar-refractivity contribution in [2.24, 2.45) is 0 Å². The molecule has 3 heterocycles. The number of thiophene rings is 1. The summed E-state index contributed by atoms with van der Waals surface area (Å²) in [5.74, 6) is -0.318. The van der Waals surface area contributed by atoms with Gasteiger partial charge in [-0.05, 0) is 60.0 Å². The Labute approximate surface area is 197 Å². The lowest BCUT2D eigenvalue weighted by Crippen LogP contribution is -2.35. The van der Waals surface area contributed by atoms with Crippen LogP contribution in [-0.4, -0.2) is 37.6 Å². The average Bonchev–Trinajstić information content (AvgIpc) is 3.57. The van der Waals surface area contributed by atoms with E-state index in [9.17, 15) is 9.59 Å². The molecule has 0 aliphatic carbocycles. The van der Waals surface area contributed by atoms with E-state index in [0.29, 0.717) is 22.7 Å². The van der Waals surface area contributed by atoms with Crippen molar-refractivity contribution in [3.05, 3.63) is 81.5 Å². The molecule has 0 bridgehead atoms. The van der Waals surface area contributed by atoms with Crippen LogP contribution in [0.4, 0.5) is 11.4 Å². The lowest BCUT2D eigenvalue weighted by molar-refractivity contribution is 0.0858. The van der Waals surface area contributed by atoms with E-state index in [-0.39, 0.29) is 17.9 Å². The number of ether oxygens (including phenoxy) is 1. The molecule has 1 saturated heterocycles. The highest BCUT2D eigenvalue weighted by atomic mass is 32.1. The SMILES string of the molecule is O=C(Nc1ccc(N2CCc3ccccc3C2)c(C(=O)NCC2CCCO2)c1)c1cccs1. The topological polar surface area (TPSA) is 70.7 Å². The number of nitrogens with zero attached hydrogens (tertiary/aromatic N) is 1. The average molecular weight is 462 g/mol. The zero-order valence-corrected chi connectivity index (χ0v) is 19.2. The van der Waals surface area contributed by atoms with Crippen LogP contribution in [0.15, 0.2) is 60.0 Å². The van der Waals surface area contributed by atoms with Gasteiger partial charge in [-0.25, -0.2) is 0 Å². The maximum Gasteiger partial charge on any atom is 0.265 e. The number of carbonyl (C=O) groups excluding carboxylic acids is 2. The van der Waals surface area contributed by atoms with Gasteiger partial charge in [0.2, 0.25) is 0 Å². The van der Waals surface area contributed by atoms with Crippen LogP contribution in [0.5, 0.6) is 0 Å². The first-order chi connectivity index (χ1) is 16.2. The monoisotopic (exact) mass is 461 g/mol. The van der Waals surface area contributed by atoms with Crippen molar-refractivity contribution >= 4 is 34.5 Å². The third kappa shape index (κ3) is 4.94. The van der Waals surface area contributed by atoms with Crippen LogP contribution in [0.2, 0.25) is 0 Å². The number of fused-ring (bicyclic) bond motifs is 1. The van der Waals surface area contributed by atoms with Gasteiger partial charge < -0.3 is 20.3 Å². The van der Waals surface area contributed by atoms with E-state index in [1.54, 1.807) is 12.1 Å². The van der Waals surface area contributed by atoms with Gasteiger partial charge in [-0.1, -0.05) is 30.3 Å². The Hall–Kier alpha value is -3.16. The highest BCUT2D eigenvalue weighted by Gasteiger charge is 2.23. The lowest BCUT2D eigenvalue weighted by Gasteiger charge is -2.32. The summed E-state index contributed by atoms with van der Waals surface area (Å²) in [6.07, 6.45) is 3.00. The number of anilines is 2. The van der Waals surface area contributed by atoms with Crippen LogP contribution in [0.25, 0.3) is 0 Å². The van der Waals surface area contributed by atoms with Gasteiger partial charge in [0.25, 0.3) is 11.8 Å². The van der Waals surface area contributed by atoms with Crippen molar-refractivity contribution in [3.63, 3.8) is 0 Å². The molecule has 0 radical (unpaired) electrons. The van der Waals surface area contributed by atoms with E-state index >= 15 is 0 Å². The minimum absolute atomic E-state index is 0.0703. The normalized spacial score (nSPS) is 17.5. The van der Waals surface area contributed by atoms with Crippen LogP contribution < -0.4 is 15.5 Å². The predicted molar refractivity (Wildman–Crippen MR) is 131 cm³/mol. The van der Waals surface area contributed by atoms with Gasteiger partial charge in [0.1, 0.15) is 0 Å². The maximum absolute atomic E-state index is 13.3. The first-order valence-corrected chi connectivity index (χ1v) is 12.3. The van der Waals surface area contributed by atoms with Crippen LogP contribution in [0.1, 0.15) is 44.0 Å². The number of hydrogen-bond acceptors (Lipinski definition) is 5. The largest absolute Gasteiger partial charge is 0.376 e. The first-order valence-electron chi connectivity index (χ1n) is 11.4. The molecule has 2 aromatic carbocycles. The number of rotatable bonds is 6. The summed E-state index contributed by atoms with van der Waals surface area (Å²) >= 11 is 1.39. The van der Waals surface area contributed by atoms with Crippen molar-refractivity contribution in [3.8, 4) is 0 Å². The van der Waals surface area contributed by atoms with Crippen LogP contribution in [0, 0.1) is 0 Å². The number of nitrogens with one attached hydrogen (secondary N) is 2. The quantitative estimate of drug-likeness (QED) is 0.568. The third-order valence-electron chi connectivity index (χ3n) is 6.23. The molecule has 5 rings (SSSR count). The zero-order chi connectivity index (χ0) is 22.6. The molecule has 170 valence electrons. The highest BCUT2D eigenvalue weighted by Crippen LogP contribution is 2.30. The fraction of sp³-hybridized carbons (Fsp3) is 0.308. The summed E-state index contributed by atoms with van der Waals surface area (Å²) in [7, 11) is 0. The lowest BCUT2D eigenvalue weighted by atomic mass is 9.98. The van der Waals surface area contributed by atoms with Gasteiger partial charge in [0.15, 0.2) is 0 Å². The van der Waals surface area contributed by atoms with Gasteiger partial charge >= 0.3 is 0 Å². The van der Waals surface area contributed by atoms with E-state index in [1.165, 1.54) is 22.5 Å². The highest BCUT2D eigenvalue weighted by molar-refractivity contribution is 7.12. The zero-order valence-electron chi connectivity index (χ0n) is 18.4. The molecule has 33 heavy (non-hydrogen) atoms. The van der Waals surface area contributed by atoms with Gasteiger partial charge in [-0.15, -0.1) is 11.3 Å². The van der Waals surface area contributed by atoms with Gasteiger partial charge in [0, 0.05) is 37.6 Å². The molecular formula is C26H27N3O3S. The van der Waals surface area contributed by atoms with Crippen molar-refractivity contribution in [1.29, 1.82) is 0 Å². The minimum atomic E-state index is -0.171. The molecule has 1 aromatic heterocycles. The fourth-order valence-electron chi connectivity index (χ4n) is 4.48. The number of amides is 2. The summed E-state index contributed by atoms with van der Waals surface area (Å²) in [6, 6.07) is 17.7. The van der Waals surface area contributed by atoms with Crippen LogP contribution in [0.3, 0.4) is 0 Å². The summed E-state index contributed by atoms with van der Waals surface area (Å²) < 4.78 is 5.66. The van der Waals surface area contributed by atoms with Crippen LogP contribution >= 0.6 is 11.3 Å². The summed E-state index contributed by atoms with van der Waals surface area (Å²) in [5, 5.41) is 7.85. The van der Waals surface area contributed by atoms with E-state index < -0.39 is 0 Å². The summed E-state index contributed by atoms with van der Waals surface area (Å²) in [5.41, 5.74) is 4.69. The molecule has 2 amide bonds. The van der Waals surface area contributed by atoms with Crippen molar-refractivity contribution in [2.45, 2.75) is 31.9 Å². The van der Waals surface area contributed by atoms with Crippen LogP contribution in [-0.2, 0) is 17.7 Å². The van der Waals surface area contributed by atoms with E-state index in [1.807, 2.05) is 23.6 Å². The Kier molecular flexibility index (Phi) is 6.41.